The third kappa shape index (κ3) is 2.56. The van der Waals surface area contributed by atoms with Crippen LogP contribution in [0.3, 0.4) is 0 Å². The lowest BCUT2D eigenvalue weighted by Crippen LogP contribution is -2.11. The summed E-state index contributed by atoms with van der Waals surface area (Å²) in [6.07, 6.45) is 0. The lowest BCUT2D eigenvalue weighted by atomic mass is 9.84. The minimum absolute atomic E-state index is 0.142. The van der Waals surface area contributed by atoms with Gasteiger partial charge in [-0.25, -0.2) is 0 Å². The number of aryl methyl sites for hydroxylation is 2. The summed E-state index contributed by atoms with van der Waals surface area (Å²) in [5.74, 6) is 0. The minimum Gasteiger partial charge on any atom is -0.325 e. The van der Waals surface area contributed by atoms with Gasteiger partial charge in [0, 0.05) is 17.8 Å². The summed E-state index contributed by atoms with van der Waals surface area (Å²) in [4.78, 5) is 0. The smallest absolute Gasteiger partial charge is 0.0838 e. The molecular formula is C16H23N3. The maximum Gasteiger partial charge on any atom is 0.0838 e. The number of nitrogens with two attached hydrogens (primary N) is 1. The molecule has 3 nitrogen and oxygen atoms in total. The van der Waals surface area contributed by atoms with E-state index in [0.717, 1.165) is 17.0 Å². The van der Waals surface area contributed by atoms with Gasteiger partial charge in [0.2, 0.25) is 0 Å². The van der Waals surface area contributed by atoms with Gasteiger partial charge in [-0.15, -0.1) is 0 Å². The number of hydrogen-bond acceptors (Lipinski definition) is 2. The number of hydrogen-bond donors (Lipinski definition) is 2. The minimum atomic E-state index is 0.142. The lowest BCUT2D eigenvalue weighted by Gasteiger charge is -2.21. The van der Waals surface area contributed by atoms with E-state index in [-0.39, 0.29) is 5.41 Å². The molecule has 0 saturated carbocycles. The molecule has 19 heavy (non-hydrogen) atoms. The van der Waals surface area contributed by atoms with Crippen molar-refractivity contribution in [3.05, 3.63) is 40.7 Å². The third-order valence-corrected chi connectivity index (χ3v) is 3.59. The van der Waals surface area contributed by atoms with Gasteiger partial charge in [-0.1, -0.05) is 39.0 Å². The molecule has 0 bridgehead atoms. The number of rotatable bonds is 2. The fraction of sp³-hybridized carbons (Fsp3) is 0.438. The molecule has 0 aliphatic heterocycles. The molecule has 0 aliphatic carbocycles. The van der Waals surface area contributed by atoms with E-state index in [1.165, 1.54) is 16.7 Å². The molecule has 0 atom stereocenters. The SMILES string of the molecule is Cc1ccc(C(C)(C)C)cc1-c1c(CN)n[nH]c1C. The monoisotopic (exact) mass is 257 g/mol. The Hall–Kier alpha value is -1.61. The van der Waals surface area contributed by atoms with Crippen LogP contribution in [0.5, 0.6) is 0 Å². The summed E-state index contributed by atoms with van der Waals surface area (Å²) in [6, 6.07) is 6.66. The lowest BCUT2D eigenvalue weighted by molar-refractivity contribution is 0.590. The molecule has 3 heteroatoms. The van der Waals surface area contributed by atoms with Gasteiger partial charge in [0.1, 0.15) is 0 Å². The molecule has 2 aromatic rings. The van der Waals surface area contributed by atoms with Crippen LogP contribution in [-0.4, -0.2) is 10.2 Å². The van der Waals surface area contributed by atoms with Crippen molar-refractivity contribution in [3.63, 3.8) is 0 Å². The zero-order valence-corrected chi connectivity index (χ0v) is 12.5. The highest BCUT2D eigenvalue weighted by atomic mass is 15.1. The van der Waals surface area contributed by atoms with Gasteiger partial charge in [0.15, 0.2) is 0 Å². The van der Waals surface area contributed by atoms with E-state index in [1.54, 1.807) is 0 Å². The summed E-state index contributed by atoms with van der Waals surface area (Å²) in [5, 5.41) is 7.34. The molecule has 0 radical (unpaired) electrons. The molecule has 1 heterocycles. The number of aromatic nitrogens is 2. The second-order valence-corrected chi connectivity index (χ2v) is 6.15. The molecule has 0 amide bonds. The van der Waals surface area contributed by atoms with Gasteiger partial charge in [-0.2, -0.15) is 5.10 Å². The van der Waals surface area contributed by atoms with Crippen molar-refractivity contribution in [1.29, 1.82) is 0 Å². The van der Waals surface area contributed by atoms with E-state index in [2.05, 4.69) is 56.1 Å². The molecule has 0 saturated heterocycles. The van der Waals surface area contributed by atoms with E-state index in [0.29, 0.717) is 6.54 Å². The first-order valence-corrected chi connectivity index (χ1v) is 6.70. The average Bonchev–Trinajstić information content (AvgIpc) is 2.69. The summed E-state index contributed by atoms with van der Waals surface area (Å²) < 4.78 is 0. The van der Waals surface area contributed by atoms with Crippen molar-refractivity contribution in [2.75, 3.05) is 0 Å². The van der Waals surface area contributed by atoms with Crippen LogP contribution in [0.25, 0.3) is 11.1 Å². The molecule has 102 valence electrons. The summed E-state index contributed by atoms with van der Waals surface area (Å²) in [6.45, 7) is 11.3. The fourth-order valence-corrected chi connectivity index (χ4v) is 2.34. The zero-order valence-electron chi connectivity index (χ0n) is 12.5. The van der Waals surface area contributed by atoms with Crippen molar-refractivity contribution in [1.82, 2.24) is 10.2 Å². The maximum atomic E-state index is 5.79. The van der Waals surface area contributed by atoms with Crippen molar-refractivity contribution in [3.8, 4) is 11.1 Å². The Morgan fingerprint density at radius 2 is 1.89 bits per heavy atom. The molecule has 1 aromatic heterocycles. The van der Waals surface area contributed by atoms with Gasteiger partial charge < -0.3 is 5.73 Å². The van der Waals surface area contributed by atoms with Crippen LogP contribution in [0.1, 0.15) is 43.3 Å². The average molecular weight is 257 g/mol. The molecule has 1 aromatic carbocycles. The van der Waals surface area contributed by atoms with Crippen LogP contribution < -0.4 is 5.73 Å². The molecule has 3 N–H and O–H groups in total. The van der Waals surface area contributed by atoms with Crippen molar-refractivity contribution in [2.45, 2.75) is 46.6 Å². The molecule has 0 unspecified atom stereocenters. The van der Waals surface area contributed by atoms with Crippen molar-refractivity contribution >= 4 is 0 Å². The zero-order chi connectivity index (χ0) is 14.2. The van der Waals surface area contributed by atoms with Crippen LogP contribution >= 0.6 is 0 Å². The van der Waals surface area contributed by atoms with E-state index in [1.807, 2.05) is 6.92 Å². The Morgan fingerprint density at radius 3 is 2.47 bits per heavy atom. The van der Waals surface area contributed by atoms with Gasteiger partial charge in [0.05, 0.1) is 5.69 Å². The second kappa shape index (κ2) is 4.82. The number of aromatic amines is 1. The normalized spacial score (nSPS) is 11.9. The Morgan fingerprint density at radius 1 is 1.21 bits per heavy atom. The number of H-pyrrole nitrogens is 1. The standard InChI is InChI=1S/C16H23N3/c1-10-6-7-12(16(3,4)5)8-13(10)15-11(2)18-19-14(15)9-17/h6-8H,9,17H2,1-5H3,(H,18,19). The van der Waals surface area contributed by atoms with E-state index in [4.69, 9.17) is 5.73 Å². The number of nitrogens with one attached hydrogen (secondary N) is 1. The Bertz CT molecular complexity index is 589. The Kier molecular flexibility index (Phi) is 3.50. The van der Waals surface area contributed by atoms with Gasteiger partial charge in [-0.05, 0) is 36.0 Å². The largest absolute Gasteiger partial charge is 0.325 e. The van der Waals surface area contributed by atoms with E-state index in [9.17, 15) is 0 Å². The highest BCUT2D eigenvalue weighted by Gasteiger charge is 2.18. The van der Waals surface area contributed by atoms with Crippen LogP contribution in [0.15, 0.2) is 18.2 Å². The van der Waals surface area contributed by atoms with Gasteiger partial charge in [-0.3, -0.25) is 5.10 Å². The maximum absolute atomic E-state index is 5.79. The first-order valence-electron chi connectivity index (χ1n) is 6.70. The highest BCUT2D eigenvalue weighted by molar-refractivity contribution is 5.72. The summed E-state index contributed by atoms with van der Waals surface area (Å²) in [5.41, 5.74) is 12.9. The summed E-state index contributed by atoms with van der Waals surface area (Å²) in [7, 11) is 0. The fourth-order valence-electron chi connectivity index (χ4n) is 2.34. The first-order chi connectivity index (χ1) is 8.84. The Balaban J connectivity index is 2.64. The Labute approximate surface area is 115 Å². The molecular weight excluding hydrogens is 234 g/mol. The topological polar surface area (TPSA) is 54.7 Å². The molecule has 2 rings (SSSR count). The van der Waals surface area contributed by atoms with Crippen LogP contribution in [0.4, 0.5) is 0 Å². The third-order valence-electron chi connectivity index (χ3n) is 3.59. The second-order valence-electron chi connectivity index (χ2n) is 6.15. The van der Waals surface area contributed by atoms with Crippen molar-refractivity contribution < 1.29 is 0 Å². The summed E-state index contributed by atoms with van der Waals surface area (Å²) >= 11 is 0. The molecule has 0 spiro atoms. The van der Waals surface area contributed by atoms with Crippen molar-refractivity contribution in [2.24, 2.45) is 5.73 Å². The van der Waals surface area contributed by atoms with Gasteiger partial charge in [0.25, 0.3) is 0 Å². The predicted octanol–water partition coefficient (Wildman–Crippen LogP) is 3.45. The highest BCUT2D eigenvalue weighted by Crippen LogP contribution is 2.33. The predicted molar refractivity (Wildman–Crippen MR) is 80.1 cm³/mol. The van der Waals surface area contributed by atoms with Crippen LogP contribution in [0, 0.1) is 13.8 Å². The van der Waals surface area contributed by atoms with Crippen LogP contribution in [0.2, 0.25) is 0 Å². The number of benzene rings is 1. The first kappa shape index (κ1) is 13.8. The van der Waals surface area contributed by atoms with Gasteiger partial charge >= 0.3 is 0 Å². The molecule has 0 fully saturated rings. The quantitative estimate of drug-likeness (QED) is 0.865. The van der Waals surface area contributed by atoms with E-state index >= 15 is 0 Å². The molecule has 0 aliphatic rings. The van der Waals surface area contributed by atoms with E-state index < -0.39 is 0 Å². The number of nitrogens with zero attached hydrogens (tertiary/aromatic N) is 1. The van der Waals surface area contributed by atoms with Crippen LogP contribution in [-0.2, 0) is 12.0 Å².